The fourth-order valence-corrected chi connectivity index (χ4v) is 2.80. The first-order valence-corrected chi connectivity index (χ1v) is 6.65. The van der Waals surface area contributed by atoms with Crippen molar-refractivity contribution in [3.05, 3.63) is 41.5 Å². The van der Waals surface area contributed by atoms with Crippen LogP contribution in [-0.4, -0.2) is 11.3 Å². The topological polar surface area (TPSA) is 0 Å². The molecule has 0 N–H and O–H groups in total. The Morgan fingerprint density at radius 3 is 2.50 bits per heavy atom. The minimum atomic E-state index is 0.237. The third-order valence-corrected chi connectivity index (χ3v) is 4.20. The number of allylic oxidation sites excluding steroid dienone is 2. The van der Waals surface area contributed by atoms with E-state index in [-0.39, 0.29) is 5.38 Å². The lowest BCUT2D eigenvalue weighted by Crippen LogP contribution is -2.19. The van der Waals surface area contributed by atoms with E-state index < -0.39 is 0 Å². The first-order chi connectivity index (χ1) is 7.72. The van der Waals surface area contributed by atoms with Crippen LogP contribution in [0.25, 0.3) is 5.57 Å². The highest BCUT2D eigenvalue weighted by Crippen LogP contribution is 2.38. The van der Waals surface area contributed by atoms with Crippen LogP contribution in [-0.2, 0) is 0 Å². The molecule has 0 fully saturated rings. The van der Waals surface area contributed by atoms with Crippen LogP contribution in [0.5, 0.6) is 0 Å². The summed E-state index contributed by atoms with van der Waals surface area (Å²) in [5.74, 6) is 1.13. The average Bonchev–Trinajstić information content (AvgIpc) is 2.33. The summed E-state index contributed by atoms with van der Waals surface area (Å²) in [4.78, 5) is 0. The van der Waals surface area contributed by atoms with Gasteiger partial charge in [-0.05, 0) is 29.9 Å². The molecule has 0 heterocycles. The number of hydrogen-bond acceptors (Lipinski definition) is 0. The van der Waals surface area contributed by atoms with Crippen molar-refractivity contribution in [3.63, 3.8) is 0 Å². The predicted octanol–water partition coefficient (Wildman–Crippen LogP) is 4.72. The Bertz CT molecular complexity index is 381. The summed E-state index contributed by atoms with van der Waals surface area (Å²) in [5, 5.41) is 0.237. The minimum absolute atomic E-state index is 0.237. The first kappa shape index (κ1) is 12.0. The zero-order chi connectivity index (χ0) is 11.5. The van der Waals surface area contributed by atoms with Crippen molar-refractivity contribution in [2.45, 2.75) is 25.1 Å². The fourth-order valence-electron chi connectivity index (χ4n) is 2.25. The molecule has 0 nitrogen and oxygen atoms in total. The van der Waals surface area contributed by atoms with Crippen LogP contribution in [0.2, 0.25) is 0 Å². The van der Waals surface area contributed by atoms with Crippen LogP contribution in [0.15, 0.2) is 35.9 Å². The van der Waals surface area contributed by atoms with Gasteiger partial charge in [-0.1, -0.05) is 42.8 Å². The van der Waals surface area contributed by atoms with Gasteiger partial charge in [0.15, 0.2) is 0 Å². The van der Waals surface area contributed by atoms with Crippen LogP contribution in [0.1, 0.15) is 25.3 Å². The lowest BCUT2D eigenvalue weighted by atomic mass is 9.82. The van der Waals surface area contributed by atoms with Crippen molar-refractivity contribution in [3.8, 4) is 0 Å². The molecule has 1 unspecified atom stereocenters. The van der Waals surface area contributed by atoms with Crippen molar-refractivity contribution < 1.29 is 0 Å². The second-order valence-electron chi connectivity index (χ2n) is 4.48. The van der Waals surface area contributed by atoms with E-state index in [1.807, 2.05) is 6.07 Å². The summed E-state index contributed by atoms with van der Waals surface area (Å²) in [5.41, 5.74) is 4.01. The summed E-state index contributed by atoms with van der Waals surface area (Å²) in [6, 6.07) is 10.5. The molecule has 1 aromatic carbocycles. The van der Waals surface area contributed by atoms with E-state index in [9.17, 15) is 0 Å². The molecule has 0 aromatic heterocycles. The van der Waals surface area contributed by atoms with Gasteiger partial charge in [0.05, 0.1) is 0 Å². The maximum atomic E-state index is 6.30. The van der Waals surface area contributed by atoms with Gasteiger partial charge < -0.3 is 0 Å². The van der Waals surface area contributed by atoms with E-state index in [0.29, 0.717) is 11.8 Å². The zero-order valence-electron chi connectivity index (χ0n) is 9.42. The van der Waals surface area contributed by atoms with Crippen molar-refractivity contribution in [2.75, 3.05) is 5.88 Å². The van der Waals surface area contributed by atoms with Gasteiger partial charge in [-0.2, -0.15) is 0 Å². The van der Waals surface area contributed by atoms with E-state index in [4.69, 9.17) is 23.2 Å². The highest BCUT2D eigenvalue weighted by Gasteiger charge is 2.25. The van der Waals surface area contributed by atoms with Gasteiger partial charge in [-0.3, -0.25) is 0 Å². The maximum Gasteiger partial charge on any atom is 0.0440 e. The van der Waals surface area contributed by atoms with Crippen LogP contribution >= 0.6 is 23.2 Å². The zero-order valence-corrected chi connectivity index (χ0v) is 10.9. The quantitative estimate of drug-likeness (QED) is 0.671. The molecule has 0 saturated carbocycles. The van der Waals surface area contributed by atoms with Gasteiger partial charge in [-0.25, -0.2) is 0 Å². The Morgan fingerprint density at radius 1 is 1.19 bits per heavy atom. The highest BCUT2D eigenvalue weighted by molar-refractivity contribution is 6.22. The lowest BCUT2D eigenvalue weighted by molar-refractivity contribution is 0.533. The number of rotatable bonds is 2. The van der Waals surface area contributed by atoms with Crippen LogP contribution in [0.3, 0.4) is 0 Å². The maximum absolute atomic E-state index is 6.30. The normalized spacial score (nSPS) is 25.9. The third kappa shape index (κ3) is 2.44. The molecule has 1 aliphatic carbocycles. The molecule has 1 aliphatic rings. The van der Waals surface area contributed by atoms with Crippen molar-refractivity contribution in [1.82, 2.24) is 0 Å². The summed E-state index contributed by atoms with van der Waals surface area (Å²) < 4.78 is 0. The molecule has 2 atom stereocenters. The Morgan fingerprint density at radius 2 is 1.88 bits per heavy atom. The Balaban J connectivity index is 2.37. The van der Waals surface area contributed by atoms with Crippen molar-refractivity contribution in [2.24, 2.45) is 5.92 Å². The summed E-state index contributed by atoms with van der Waals surface area (Å²) in [6.45, 7) is 2.21. The standard InChI is InChI=1S/C14H16Cl2/c1-10-7-13(11-5-3-2-4-6-11)12(9-15)8-14(10)16/h2-6,10,14H,7-9H2,1H3/t10-,14?/m1/s1. The molecule has 86 valence electrons. The highest BCUT2D eigenvalue weighted by atomic mass is 35.5. The molecule has 0 amide bonds. The van der Waals surface area contributed by atoms with Gasteiger partial charge >= 0.3 is 0 Å². The Hall–Kier alpha value is -0.460. The molecular formula is C14H16Cl2. The van der Waals surface area contributed by atoms with Gasteiger partial charge in [0.25, 0.3) is 0 Å². The molecule has 0 bridgehead atoms. The summed E-state index contributed by atoms with van der Waals surface area (Å²) in [6.07, 6.45) is 1.97. The SMILES string of the molecule is C[C@@H]1CC(c2ccccc2)=C(CCl)CC1Cl. The average molecular weight is 255 g/mol. The van der Waals surface area contributed by atoms with Gasteiger partial charge in [0.2, 0.25) is 0 Å². The molecule has 0 radical (unpaired) electrons. The second-order valence-corrected chi connectivity index (χ2v) is 5.31. The molecule has 0 spiro atoms. The fraction of sp³-hybridized carbons (Fsp3) is 0.429. The molecule has 0 aliphatic heterocycles. The smallest absolute Gasteiger partial charge is 0.0440 e. The van der Waals surface area contributed by atoms with E-state index in [0.717, 1.165) is 12.8 Å². The molecule has 1 aromatic rings. The van der Waals surface area contributed by atoms with Crippen LogP contribution in [0.4, 0.5) is 0 Å². The number of alkyl halides is 2. The lowest BCUT2D eigenvalue weighted by Gasteiger charge is -2.28. The number of benzene rings is 1. The minimum Gasteiger partial charge on any atom is -0.122 e. The van der Waals surface area contributed by atoms with Crippen LogP contribution < -0.4 is 0 Å². The first-order valence-electron chi connectivity index (χ1n) is 5.68. The summed E-state index contributed by atoms with van der Waals surface area (Å²) in [7, 11) is 0. The molecule has 0 saturated heterocycles. The molecular weight excluding hydrogens is 239 g/mol. The second kappa shape index (κ2) is 5.25. The number of hydrogen-bond donors (Lipinski definition) is 0. The Labute approximate surface area is 107 Å². The largest absolute Gasteiger partial charge is 0.122 e. The van der Waals surface area contributed by atoms with Crippen molar-refractivity contribution in [1.29, 1.82) is 0 Å². The molecule has 16 heavy (non-hydrogen) atoms. The Kier molecular flexibility index (Phi) is 3.94. The number of halogens is 2. The molecule has 2 heteroatoms. The van der Waals surface area contributed by atoms with E-state index in [1.165, 1.54) is 16.7 Å². The molecule has 2 rings (SSSR count). The third-order valence-electron chi connectivity index (χ3n) is 3.30. The van der Waals surface area contributed by atoms with E-state index in [1.54, 1.807) is 0 Å². The predicted molar refractivity (Wildman–Crippen MR) is 72.1 cm³/mol. The van der Waals surface area contributed by atoms with E-state index in [2.05, 4.69) is 31.2 Å². The van der Waals surface area contributed by atoms with Crippen LogP contribution in [0, 0.1) is 5.92 Å². The summed E-state index contributed by atoms with van der Waals surface area (Å²) >= 11 is 12.3. The monoisotopic (exact) mass is 254 g/mol. The van der Waals surface area contributed by atoms with E-state index >= 15 is 0 Å². The van der Waals surface area contributed by atoms with Gasteiger partial charge in [-0.15, -0.1) is 23.2 Å². The van der Waals surface area contributed by atoms with Crippen molar-refractivity contribution >= 4 is 28.8 Å². The van der Waals surface area contributed by atoms with Gasteiger partial charge in [0, 0.05) is 11.3 Å². The van der Waals surface area contributed by atoms with Gasteiger partial charge in [0.1, 0.15) is 0 Å².